The predicted molar refractivity (Wildman–Crippen MR) is 207 cm³/mol. The lowest BCUT2D eigenvalue weighted by Gasteiger charge is -2.16. The predicted octanol–water partition coefficient (Wildman–Crippen LogP) is 15.2. The van der Waals surface area contributed by atoms with E-state index in [1.54, 1.807) is 12.5 Å². The molecule has 3 heteroatoms. The average molecular weight is 667 g/mol. The van der Waals surface area contributed by atoms with Crippen LogP contribution in [-0.2, 0) is 17.6 Å². The molecule has 276 valence electrons. The highest BCUT2D eigenvalue weighted by Crippen LogP contribution is 2.21. The Labute approximate surface area is 298 Å². The molecule has 2 aromatic rings. The Morgan fingerprint density at radius 1 is 0.417 bits per heavy atom. The minimum Gasteiger partial charge on any atom is -0.469 e. The van der Waals surface area contributed by atoms with Gasteiger partial charge in [-0.15, -0.1) is 0 Å². The molecule has 0 aliphatic rings. The summed E-state index contributed by atoms with van der Waals surface area (Å²) in [6, 6.07) is 8.16. The lowest BCUT2D eigenvalue weighted by Crippen LogP contribution is -2.19. The molecule has 0 fully saturated rings. The van der Waals surface area contributed by atoms with Gasteiger partial charge < -0.3 is 8.83 Å². The van der Waals surface area contributed by atoms with E-state index in [1.807, 2.05) is 12.1 Å². The first-order chi connectivity index (χ1) is 23.7. The normalized spacial score (nSPS) is 12.9. The monoisotopic (exact) mass is 667 g/mol. The van der Waals surface area contributed by atoms with E-state index in [2.05, 4.69) is 26.0 Å². The number of aryl methyl sites for hydroxylation is 2. The minimum absolute atomic E-state index is 0.253. The maximum atomic E-state index is 12.9. The zero-order valence-corrected chi connectivity index (χ0v) is 32.0. The first kappa shape index (κ1) is 42.4. The summed E-state index contributed by atoms with van der Waals surface area (Å²) in [6.45, 7) is 4.37. The Morgan fingerprint density at radius 2 is 0.667 bits per heavy atom. The molecule has 2 unspecified atom stereocenters. The van der Waals surface area contributed by atoms with E-state index >= 15 is 0 Å². The van der Waals surface area contributed by atoms with Gasteiger partial charge in [0, 0.05) is 24.7 Å². The van der Waals surface area contributed by atoms with Crippen LogP contribution in [0.2, 0.25) is 0 Å². The third-order valence-electron chi connectivity index (χ3n) is 10.8. The first-order valence-electron chi connectivity index (χ1n) is 21.3. The van der Waals surface area contributed by atoms with Crippen LogP contribution < -0.4 is 0 Å². The Balaban J connectivity index is 1.23. The molecular formula is C45H78O3. The third-order valence-corrected chi connectivity index (χ3v) is 10.8. The number of hydrogen-bond donors (Lipinski definition) is 0. The maximum Gasteiger partial charge on any atom is 0.138 e. The highest BCUT2D eigenvalue weighted by molar-refractivity contribution is 5.82. The Morgan fingerprint density at radius 3 is 0.917 bits per heavy atom. The molecule has 2 aromatic heterocycles. The molecule has 0 saturated carbocycles. The van der Waals surface area contributed by atoms with Crippen molar-refractivity contribution in [2.75, 3.05) is 0 Å². The number of hydrogen-bond acceptors (Lipinski definition) is 3. The van der Waals surface area contributed by atoms with Crippen molar-refractivity contribution in [1.82, 2.24) is 0 Å². The van der Waals surface area contributed by atoms with Gasteiger partial charge >= 0.3 is 0 Å². The topological polar surface area (TPSA) is 43.4 Å². The van der Waals surface area contributed by atoms with Crippen LogP contribution in [0.25, 0.3) is 0 Å². The molecule has 0 N–H and O–H groups in total. The van der Waals surface area contributed by atoms with Gasteiger partial charge in [-0.1, -0.05) is 181 Å². The van der Waals surface area contributed by atoms with Crippen LogP contribution in [0.1, 0.15) is 218 Å². The van der Waals surface area contributed by atoms with Crippen molar-refractivity contribution in [3.63, 3.8) is 0 Å². The van der Waals surface area contributed by atoms with Gasteiger partial charge in [0.2, 0.25) is 0 Å². The van der Waals surface area contributed by atoms with E-state index in [0.717, 1.165) is 37.2 Å². The lowest BCUT2D eigenvalue weighted by atomic mass is 9.88. The minimum atomic E-state index is 0.253. The Bertz CT molecular complexity index is 840. The van der Waals surface area contributed by atoms with Crippen molar-refractivity contribution in [3.05, 3.63) is 48.3 Å². The van der Waals surface area contributed by atoms with Crippen LogP contribution in [0.4, 0.5) is 0 Å². The molecule has 2 rings (SSSR count). The van der Waals surface area contributed by atoms with Crippen LogP contribution in [0, 0.1) is 11.8 Å². The highest BCUT2D eigenvalue weighted by Gasteiger charge is 2.19. The molecule has 0 aromatic carbocycles. The lowest BCUT2D eigenvalue weighted by molar-refractivity contribution is -0.126. The second-order valence-corrected chi connectivity index (χ2v) is 15.3. The molecule has 0 radical (unpaired) electrons. The number of furan rings is 2. The number of carbonyl (C=O) groups excluding carboxylic acids is 1. The molecule has 48 heavy (non-hydrogen) atoms. The summed E-state index contributed by atoms with van der Waals surface area (Å²) in [4.78, 5) is 12.9. The summed E-state index contributed by atoms with van der Waals surface area (Å²) >= 11 is 0. The summed E-state index contributed by atoms with van der Waals surface area (Å²) in [7, 11) is 0. The van der Waals surface area contributed by atoms with Crippen LogP contribution in [0.15, 0.2) is 45.6 Å². The van der Waals surface area contributed by atoms with Crippen molar-refractivity contribution < 1.29 is 13.6 Å². The third kappa shape index (κ3) is 24.4. The van der Waals surface area contributed by atoms with Gasteiger partial charge in [0.05, 0.1) is 12.5 Å². The fourth-order valence-corrected chi connectivity index (χ4v) is 7.42. The molecule has 2 heterocycles. The molecule has 0 amide bonds. The standard InChI is InChI=1S/C45H78O3/c1-41(33-27-23-19-15-11-7-3-5-9-13-17-21-25-29-35-43-37-31-39-47-43)45(46)42(2)34-28-24-20-16-12-8-4-6-10-14-18-22-26-30-36-44-38-32-40-48-44/h31-32,37-42H,3-30,33-36H2,1-2H3. The fourth-order valence-electron chi connectivity index (χ4n) is 7.42. The molecule has 0 spiro atoms. The van der Waals surface area contributed by atoms with E-state index in [1.165, 1.54) is 180 Å². The van der Waals surface area contributed by atoms with Gasteiger partial charge in [0.25, 0.3) is 0 Å². The largest absolute Gasteiger partial charge is 0.469 e. The van der Waals surface area contributed by atoms with E-state index in [-0.39, 0.29) is 11.8 Å². The zero-order chi connectivity index (χ0) is 34.2. The van der Waals surface area contributed by atoms with Crippen molar-refractivity contribution >= 4 is 5.78 Å². The molecular weight excluding hydrogens is 588 g/mol. The molecule has 0 bridgehead atoms. The number of ketones is 1. The Hall–Kier alpha value is -1.77. The van der Waals surface area contributed by atoms with Crippen LogP contribution in [-0.4, -0.2) is 5.78 Å². The average Bonchev–Trinajstić information content (AvgIpc) is 3.82. The summed E-state index contributed by atoms with van der Waals surface area (Å²) in [5.74, 6) is 3.31. The number of unbranched alkanes of at least 4 members (excludes halogenated alkanes) is 26. The van der Waals surface area contributed by atoms with E-state index in [0.29, 0.717) is 5.78 Å². The van der Waals surface area contributed by atoms with Gasteiger partial charge in [-0.25, -0.2) is 0 Å². The van der Waals surface area contributed by atoms with Gasteiger partial charge in [0.15, 0.2) is 0 Å². The molecule has 0 aliphatic heterocycles. The van der Waals surface area contributed by atoms with Gasteiger partial charge in [-0.3, -0.25) is 4.79 Å². The van der Waals surface area contributed by atoms with Crippen LogP contribution >= 0.6 is 0 Å². The summed E-state index contributed by atoms with van der Waals surface area (Å²) in [6.07, 6.45) is 46.1. The Kier molecular flexibility index (Phi) is 27.6. The summed E-state index contributed by atoms with van der Waals surface area (Å²) < 4.78 is 10.8. The van der Waals surface area contributed by atoms with E-state index in [9.17, 15) is 4.79 Å². The quantitative estimate of drug-likeness (QED) is 0.0680. The number of Topliss-reactive ketones (excluding diaryl/α,β-unsaturated/α-hetero) is 1. The number of carbonyl (C=O) groups is 1. The van der Waals surface area contributed by atoms with Crippen LogP contribution in [0.3, 0.4) is 0 Å². The van der Waals surface area contributed by atoms with Gasteiger partial charge in [0.1, 0.15) is 17.3 Å². The van der Waals surface area contributed by atoms with Crippen molar-refractivity contribution in [2.45, 2.75) is 219 Å². The van der Waals surface area contributed by atoms with Crippen LogP contribution in [0.5, 0.6) is 0 Å². The summed E-state index contributed by atoms with van der Waals surface area (Å²) in [5.41, 5.74) is 0. The maximum absolute atomic E-state index is 12.9. The summed E-state index contributed by atoms with van der Waals surface area (Å²) in [5, 5.41) is 0. The fraction of sp³-hybridized carbons (Fsp3) is 0.800. The zero-order valence-electron chi connectivity index (χ0n) is 32.0. The van der Waals surface area contributed by atoms with Gasteiger partial charge in [-0.2, -0.15) is 0 Å². The molecule has 0 aliphatic carbocycles. The SMILES string of the molecule is CC(CCCCCCCCCCCCCCCCc1ccco1)C(=O)C(C)CCCCCCCCCCCCCCCCc1ccco1. The molecule has 2 atom stereocenters. The smallest absolute Gasteiger partial charge is 0.138 e. The van der Waals surface area contributed by atoms with Gasteiger partial charge in [-0.05, 0) is 49.9 Å². The van der Waals surface area contributed by atoms with Crippen molar-refractivity contribution in [2.24, 2.45) is 11.8 Å². The highest BCUT2D eigenvalue weighted by atomic mass is 16.3. The second kappa shape index (κ2) is 31.2. The van der Waals surface area contributed by atoms with Crippen molar-refractivity contribution in [1.29, 1.82) is 0 Å². The van der Waals surface area contributed by atoms with E-state index < -0.39 is 0 Å². The van der Waals surface area contributed by atoms with Crippen molar-refractivity contribution in [3.8, 4) is 0 Å². The first-order valence-corrected chi connectivity index (χ1v) is 21.3. The molecule has 3 nitrogen and oxygen atoms in total. The molecule has 0 saturated heterocycles. The second-order valence-electron chi connectivity index (χ2n) is 15.3. The van der Waals surface area contributed by atoms with E-state index in [4.69, 9.17) is 8.83 Å². The number of rotatable bonds is 36.